The number of hydrogen-bond donors (Lipinski definition) is 2. The molecule has 1 aliphatic rings. The normalized spacial score (nSPS) is 18.3. The van der Waals surface area contributed by atoms with Gasteiger partial charge in [-0.05, 0) is 25.3 Å². The van der Waals surface area contributed by atoms with E-state index in [-0.39, 0.29) is 5.91 Å². The van der Waals surface area contributed by atoms with E-state index in [4.69, 9.17) is 0 Å². The van der Waals surface area contributed by atoms with Crippen LogP contribution in [0.3, 0.4) is 0 Å². The molecule has 1 fully saturated rings. The fourth-order valence-corrected chi connectivity index (χ4v) is 2.39. The molecule has 1 aromatic rings. The topological polar surface area (TPSA) is 52.6 Å². The third-order valence-electron chi connectivity index (χ3n) is 3.60. The fraction of sp³-hybridized carbons (Fsp3) is 0.533. The summed E-state index contributed by atoms with van der Waals surface area (Å²) in [7, 11) is 0. The SMILES string of the molecule is CC(O)(CNCC(=O)N1CCCC1)c1ccccc1. The van der Waals surface area contributed by atoms with E-state index < -0.39 is 5.60 Å². The van der Waals surface area contributed by atoms with Gasteiger partial charge >= 0.3 is 0 Å². The van der Waals surface area contributed by atoms with E-state index >= 15 is 0 Å². The van der Waals surface area contributed by atoms with E-state index in [1.807, 2.05) is 35.2 Å². The number of amides is 1. The Hall–Kier alpha value is -1.39. The Bertz CT molecular complexity index is 411. The highest BCUT2D eigenvalue weighted by molar-refractivity contribution is 5.78. The number of hydrogen-bond acceptors (Lipinski definition) is 3. The summed E-state index contributed by atoms with van der Waals surface area (Å²) in [6.07, 6.45) is 2.21. The van der Waals surface area contributed by atoms with Gasteiger partial charge in [-0.3, -0.25) is 4.79 Å². The number of rotatable bonds is 5. The summed E-state index contributed by atoms with van der Waals surface area (Å²) in [6, 6.07) is 9.51. The van der Waals surface area contributed by atoms with Crippen molar-refractivity contribution in [2.75, 3.05) is 26.2 Å². The van der Waals surface area contributed by atoms with Crippen LogP contribution in [0.4, 0.5) is 0 Å². The Balaban J connectivity index is 1.80. The molecule has 104 valence electrons. The molecule has 0 spiro atoms. The van der Waals surface area contributed by atoms with Gasteiger partial charge in [-0.15, -0.1) is 0 Å². The van der Waals surface area contributed by atoms with Gasteiger partial charge in [0.05, 0.1) is 12.1 Å². The first-order chi connectivity index (χ1) is 9.09. The Kier molecular flexibility index (Phi) is 4.56. The molecule has 2 rings (SSSR count). The summed E-state index contributed by atoms with van der Waals surface area (Å²) < 4.78 is 0. The molecule has 0 aliphatic carbocycles. The Labute approximate surface area is 114 Å². The zero-order chi connectivity index (χ0) is 13.7. The number of carbonyl (C=O) groups is 1. The van der Waals surface area contributed by atoms with Gasteiger partial charge in [0, 0.05) is 19.6 Å². The van der Waals surface area contributed by atoms with E-state index in [2.05, 4.69) is 5.32 Å². The number of aliphatic hydroxyl groups is 1. The van der Waals surface area contributed by atoms with Crippen LogP contribution in [0.1, 0.15) is 25.3 Å². The third-order valence-corrected chi connectivity index (χ3v) is 3.60. The highest BCUT2D eigenvalue weighted by Crippen LogP contribution is 2.18. The van der Waals surface area contributed by atoms with Crippen LogP contribution in [0.15, 0.2) is 30.3 Å². The maximum atomic E-state index is 11.8. The monoisotopic (exact) mass is 262 g/mol. The standard InChI is InChI=1S/C15H22N2O2/c1-15(19,13-7-3-2-4-8-13)12-16-11-14(18)17-9-5-6-10-17/h2-4,7-8,16,19H,5-6,9-12H2,1H3. The highest BCUT2D eigenvalue weighted by atomic mass is 16.3. The van der Waals surface area contributed by atoms with Crippen molar-refractivity contribution in [1.29, 1.82) is 0 Å². The summed E-state index contributed by atoms with van der Waals surface area (Å²) >= 11 is 0. The molecule has 1 atom stereocenters. The Morgan fingerprint density at radius 2 is 1.95 bits per heavy atom. The summed E-state index contributed by atoms with van der Waals surface area (Å²) in [4.78, 5) is 13.7. The molecular weight excluding hydrogens is 240 g/mol. The van der Waals surface area contributed by atoms with Crippen molar-refractivity contribution in [2.24, 2.45) is 0 Å². The molecule has 1 unspecified atom stereocenters. The maximum Gasteiger partial charge on any atom is 0.236 e. The van der Waals surface area contributed by atoms with Crippen LogP contribution in [0.25, 0.3) is 0 Å². The second kappa shape index (κ2) is 6.17. The second-order valence-electron chi connectivity index (χ2n) is 5.33. The minimum atomic E-state index is -0.952. The lowest BCUT2D eigenvalue weighted by Crippen LogP contribution is -2.41. The number of carbonyl (C=O) groups excluding carboxylic acids is 1. The van der Waals surface area contributed by atoms with Crippen molar-refractivity contribution in [2.45, 2.75) is 25.4 Å². The molecule has 1 saturated heterocycles. The largest absolute Gasteiger partial charge is 0.384 e. The molecule has 2 N–H and O–H groups in total. The molecule has 1 heterocycles. The van der Waals surface area contributed by atoms with Gasteiger partial charge < -0.3 is 15.3 Å². The van der Waals surface area contributed by atoms with Gasteiger partial charge in [-0.2, -0.15) is 0 Å². The smallest absolute Gasteiger partial charge is 0.236 e. The van der Waals surface area contributed by atoms with Crippen molar-refractivity contribution >= 4 is 5.91 Å². The number of nitrogens with one attached hydrogen (secondary N) is 1. The van der Waals surface area contributed by atoms with Crippen molar-refractivity contribution in [3.63, 3.8) is 0 Å². The van der Waals surface area contributed by atoms with E-state index in [0.717, 1.165) is 31.5 Å². The molecule has 1 aromatic carbocycles. The molecule has 4 nitrogen and oxygen atoms in total. The average Bonchev–Trinajstić information content (AvgIpc) is 2.93. The summed E-state index contributed by atoms with van der Waals surface area (Å²) in [5.41, 5.74) is -0.0943. The van der Waals surface area contributed by atoms with Crippen LogP contribution in [-0.4, -0.2) is 42.1 Å². The van der Waals surface area contributed by atoms with Gasteiger partial charge in [0.15, 0.2) is 0 Å². The van der Waals surface area contributed by atoms with E-state index in [0.29, 0.717) is 13.1 Å². The minimum absolute atomic E-state index is 0.126. The van der Waals surface area contributed by atoms with Gasteiger partial charge in [0.1, 0.15) is 0 Å². The summed E-state index contributed by atoms with van der Waals surface area (Å²) in [5, 5.41) is 13.4. The first-order valence-electron chi connectivity index (χ1n) is 6.86. The molecule has 4 heteroatoms. The predicted octanol–water partition coefficient (Wildman–Crippen LogP) is 1.11. The van der Waals surface area contributed by atoms with Crippen LogP contribution in [0.2, 0.25) is 0 Å². The number of nitrogens with zero attached hydrogens (tertiary/aromatic N) is 1. The van der Waals surface area contributed by atoms with Gasteiger partial charge in [-0.1, -0.05) is 30.3 Å². The van der Waals surface area contributed by atoms with Crippen LogP contribution < -0.4 is 5.32 Å². The molecule has 0 saturated carbocycles. The minimum Gasteiger partial charge on any atom is -0.384 e. The lowest BCUT2D eigenvalue weighted by atomic mass is 9.96. The summed E-state index contributed by atoms with van der Waals surface area (Å²) in [5.74, 6) is 0.126. The Morgan fingerprint density at radius 3 is 2.58 bits per heavy atom. The maximum absolute atomic E-state index is 11.8. The van der Waals surface area contributed by atoms with Gasteiger partial charge in [0.25, 0.3) is 0 Å². The average molecular weight is 262 g/mol. The quantitative estimate of drug-likeness (QED) is 0.835. The zero-order valence-corrected chi connectivity index (χ0v) is 11.4. The first-order valence-corrected chi connectivity index (χ1v) is 6.86. The van der Waals surface area contributed by atoms with E-state index in [1.165, 1.54) is 0 Å². The molecule has 1 aliphatic heterocycles. The van der Waals surface area contributed by atoms with Crippen LogP contribution in [-0.2, 0) is 10.4 Å². The molecule has 1 amide bonds. The van der Waals surface area contributed by atoms with Crippen molar-refractivity contribution in [3.05, 3.63) is 35.9 Å². The van der Waals surface area contributed by atoms with Crippen LogP contribution >= 0.6 is 0 Å². The molecular formula is C15H22N2O2. The van der Waals surface area contributed by atoms with Gasteiger partial charge in [-0.25, -0.2) is 0 Å². The number of likely N-dealkylation sites (tertiary alicyclic amines) is 1. The lowest BCUT2D eigenvalue weighted by Gasteiger charge is -2.25. The molecule has 0 radical (unpaired) electrons. The van der Waals surface area contributed by atoms with Crippen molar-refractivity contribution in [3.8, 4) is 0 Å². The zero-order valence-electron chi connectivity index (χ0n) is 11.4. The summed E-state index contributed by atoms with van der Waals surface area (Å²) in [6.45, 7) is 4.17. The van der Waals surface area contributed by atoms with E-state index in [1.54, 1.807) is 6.92 Å². The third kappa shape index (κ3) is 3.78. The number of benzene rings is 1. The first kappa shape index (κ1) is 14.0. The fourth-order valence-electron chi connectivity index (χ4n) is 2.39. The second-order valence-corrected chi connectivity index (χ2v) is 5.33. The molecule has 19 heavy (non-hydrogen) atoms. The van der Waals surface area contributed by atoms with Crippen molar-refractivity contribution in [1.82, 2.24) is 10.2 Å². The molecule has 0 aromatic heterocycles. The van der Waals surface area contributed by atoms with Crippen LogP contribution in [0.5, 0.6) is 0 Å². The van der Waals surface area contributed by atoms with Crippen molar-refractivity contribution < 1.29 is 9.90 Å². The van der Waals surface area contributed by atoms with Crippen LogP contribution in [0, 0.1) is 0 Å². The van der Waals surface area contributed by atoms with Gasteiger partial charge in [0.2, 0.25) is 5.91 Å². The highest BCUT2D eigenvalue weighted by Gasteiger charge is 2.23. The Morgan fingerprint density at radius 1 is 1.32 bits per heavy atom. The predicted molar refractivity (Wildman–Crippen MR) is 74.7 cm³/mol. The lowest BCUT2D eigenvalue weighted by molar-refractivity contribution is -0.129. The van der Waals surface area contributed by atoms with E-state index in [9.17, 15) is 9.90 Å². The molecule has 0 bridgehead atoms.